The summed E-state index contributed by atoms with van der Waals surface area (Å²) in [5, 5.41) is 11.2. The van der Waals surface area contributed by atoms with Gasteiger partial charge in [0.05, 0.1) is 17.9 Å². The Balaban J connectivity index is 2.98. The summed E-state index contributed by atoms with van der Waals surface area (Å²) in [6.45, 7) is 2.65. The number of ether oxygens (including phenoxy) is 1. The molecule has 0 aliphatic carbocycles. The molecule has 0 saturated heterocycles. The second-order valence-corrected chi connectivity index (χ2v) is 4.12. The summed E-state index contributed by atoms with van der Waals surface area (Å²) in [5.41, 5.74) is -0.827. The zero-order valence-electron chi connectivity index (χ0n) is 11.7. The zero-order valence-corrected chi connectivity index (χ0v) is 11.7. The van der Waals surface area contributed by atoms with Crippen LogP contribution in [0, 0.1) is 11.6 Å². The van der Waals surface area contributed by atoms with Gasteiger partial charge in [0, 0.05) is 26.3 Å². The number of nitrogens with zero attached hydrogens (tertiary/aromatic N) is 1. The predicted octanol–water partition coefficient (Wildman–Crippen LogP) is 2.16. The number of benzene rings is 1. The second kappa shape index (κ2) is 7.53. The fourth-order valence-electron chi connectivity index (χ4n) is 1.63. The van der Waals surface area contributed by atoms with Crippen molar-refractivity contribution in [3.63, 3.8) is 0 Å². The van der Waals surface area contributed by atoms with Gasteiger partial charge in [0.1, 0.15) is 0 Å². The van der Waals surface area contributed by atoms with E-state index in [2.05, 4.69) is 5.32 Å². The Labute approximate surface area is 120 Å². The molecule has 2 N–H and O–H groups in total. The lowest BCUT2D eigenvalue weighted by Crippen LogP contribution is -2.37. The minimum absolute atomic E-state index is 0.283. The van der Waals surface area contributed by atoms with Gasteiger partial charge in [-0.15, -0.1) is 0 Å². The molecule has 1 aromatic rings. The van der Waals surface area contributed by atoms with Gasteiger partial charge in [-0.2, -0.15) is 0 Å². The van der Waals surface area contributed by atoms with Crippen LogP contribution in [-0.2, 0) is 4.74 Å². The Bertz CT molecular complexity index is 537. The van der Waals surface area contributed by atoms with Crippen LogP contribution in [0.5, 0.6) is 0 Å². The number of rotatable bonds is 6. The topological polar surface area (TPSA) is 78.9 Å². The zero-order chi connectivity index (χ0) is 16.0. The number of methoxy groups -OCH3 is 1. The Morgan fingerprint density at radius 3 is 2.48 bits per heavy atom. The summed E-state index contributed by atoms with van der Waals surface area (Å²) in [6, 6.07) is 0.544. The van der Waals surface area contributed by atoms with Crippen LogP contribution in [0.1, 0.15) is 17.3 Å². The van der Waals surface area contributed by atoms with Crippen molar-refractivity contribution in [2.45, 2.75) is 6.92 Å². The van der Waals surface area contributed by atoms with Crippen LogP contribution in [0.2, 0.25) is 0 Å². The van der Waals surface area contributed by atoms with E-state index in [1.807, 2.05) is 0 Å². The van der Waals surface area contributed by atoms with Gasteiger partial charge >= 0.3 is 12.0 Å². The Kier molecular flexibility index (Phi) is 6.04. The molecular weight excluding hydrogens is 286 g/mol. The number of anilines is 1. The lowest BCUT2D eigenvalue weighted by molar-refractivity contribution is 0.0697. The first-order chi connectivity index (χ1) is 9.90. The number of nitrogens with one attached hydrogen (secondary N) is 1. The summed E-state index contributed by atoms with van der Waals surface area (Å²) in [4.78, 5) is 24.3. The number of likely N-dealkylation sites (N-methyl/N-ethyl adjacent to an activating group) is 1. The first-order valence-electron chi connectivity index (χ1n) is 6.17. The van der Waals surface area contributed by atoms with Crippen LogP contribution >= 0.6 is 0 Å². The van der Waals surface area contributed by atoms with Gasteiger partial charge < -0.3 is 20.1 Å². The van der Waals surface area contributed by atoms with E-state index in [0.717, 1.165) is 0 Å². The normalized spacial score (nSPS) is 10.3. The molecule has 0 fully saturated rings. The molecule has 0 aliphatic rings. The fourth-order valence-corrected chi connectivity index (χ4v) is 1.63. The van der Waals surface area contributed by atoms with Crippen molar-refractivity contribution in [1.29, 1.82) is 0 Å². The van der Waals surface area contributed by atoms with E-state index in [4.69, 9.17) is 9.84 Å². The number of carboxylic acids is 1. The molecule has 0 aromatic heterocycles. The van der Waals surface area contributed by atoms with Crippen LogP contribution in [0.25, 0.3) is 0 Å². The minimum Gasteiger partial charge on any atom is -0.478 e. The summed E-state index contributed by atoms with van der Waals surface area (Å²) in [6.07, 6.45) is 0. The Morgan fingerprint density at radius 1 is 1.33 bits per heavy atom. The summed E-state index contributed by atoms with van der Waals surface area (Å²) < 4.78 is 31.1. The number of carbonyl (C=O) groups is 2. The quantitative estimate of drug-likeness (QED) is 0.844. The van der Waals surface area contributed by atoms with Crippen LogP contribution in [-0.4, -0.2) is 48.8 Å². The molecule has 2 amide bonds. The predicted molar refractivity (Wildman–Crippen MR) is 71.5 cm³/mol. The number of carboxylic acid groups (broad SMARTS) is 1. The highest BCUT2D eigenvalue weighted by molar-refractivity contribution is 6.00. The van der Waals surface area contributed by atoms with Crippen molar-refractivity contribution in [3.05, 3.63) is 29.3 Å². The average Bonchev–Trinajstić information content (AvgIpc) is 2.43. The highest BCUT2D eigenvalue weighted by Crippen LogP contribution is 2.20. The first-order valence-corrected chi connectivity index (χ1v) is 6.17. The molecule has 1 aromatic carbocycles. The molecule has 0 saturated carbocycles. The standard InChI is InChI=1S/C13H16F2N2O4/c1-3-17(4-5-21-2)13(20)16-11-7-10(15)9(14)6-8(11)12(18)19/h6-7H,3-5H2,1-2H3,(H,16,20)(H,18,19). The van der Waals surface area contributed by atoms with Gasteiger partial charge in [-0.1, -0.05) is 0 Å². The highest BCUT2D eigenvalue weighted by Gasteiger charge is 2.19. The molecule has 0 bridgehead atoms. The molecule has 6 nitrogen and oxygen atoms in total. The van der Waals surface area contributed by atoms with E-state index < -0.39 is 29.2 Å². The molecule has 0 spiro atoms. The number of urea groups is 1. The van der Waals surface area contributed by atoms with Gasteiger partial charge in [0.25, 0.3) is 0 Å². The molecular formula is C13H16F2N2O4. The van der Waals surface area contributed by atoms with E-state index in [1.54, 1.807) is 6.92 Å². The average molecular weight is 302 g/mol. The molecule has 0 heterocycles. The molecule has 0 radical (unpaired) electrons. The Morgan fingerprint density at radius 2 is 1.95 bits per heavy atom. The van der Waals surface area contributed by atoms with Crippen molar-refractivity contribution in [2.75, 3.05) is 32.1 Å². The minimum atomic E-state index is -1.47. The van der Waals surface area contributed by atoms with E-state index in [-0.39, 0.29) is 12.2 Å². The van der Waals surface area contributed by atoms with Gasteiger partial charge in [0.2, 0.25) is 0 Å². The summed E-state index contributed by atoms with van der Waals surface area (Å²) >= 11 is 0. The molecule has 21 heavy (non-hydrogen) atoms. The van der Waals surface area contributed by atoms with E-state index in [9.17, 15) is 18.4 Å². The third-order valence-corrected chi connectivity index (χ3v) is 2.77. The molecule has 0 aliphatic heterocycles. The molecule has 116 valence electrons. The third-order valence-electron chi connectivity index (χ3n) is 2.77. The SMILES string of the molecule is CCN(CCOC)C(=O)Nc1cc(F)c(F)cc1C(=O)O. The monoisotopic (exact) mass is 302 g/mol. The maximum atomic E-state index is 13.2. The van der Waals surface area contributed by atoms with Crippen molar-refractivity contribution in [2.24, 2.45) is 0 Å². The number of hydrogen-bond donors (Lipinski definition) is 2. The van der Waals surface area contributed by atoms with E-state index >= 15 is 0 Å². The van der Waals surface area contributed by atoms with E-state index in [1.165, 1.54) is 12.0 Å². The lowest BCUT2D eigenvalue weighted by Gasteiger charge is -2.21. The molecule has 0 unspecified atom stereocenters. The van der Waals surface area contributed by atoms with Crippen molar-refractivity contribution < 1.29 is 28.2 Å². The van der Waals surface area contributed by atoms with Gasteiger partial charge in [-0.25, -0.2) is 18.4 Å². The van der Waals surface area contributed by atoms with Crippen LogP contribution in [0.15, 0.2) is 12.1 Å². The second-order valence-electron chi connectivity index (χ2n) is 4.12. The van der Waals surface area contributed by atoms with Crippen molar-refractivity contribution >= 4 is 17.7 Å². The summed E-state index contributed by atoms with van der Waals surface area (Å²) in [7, 11) is 1.48. The van der Waals surface area contributed by atoms with Crippen LogP contribution in [0.4, 0.5) is 19.3 Å². The van der Waals surface area contributed by atoms with Crippen molar-refractivity contribution in [1.82, 2.24) is 4.90 Å². The smallest absolute Gasteiger partial charge is 0.337 e. The van der Waals surface area contributed by atoms with Crippen molar-refractivity contribution in [3.8, 4) is 0 Å². The first kappa shape index (κ1) is 16.8. The number of hydrogen-bond acceptors (Lipinski definition) is 3. The molecule has 0 atom stereocenters. The highest BCUT2D eigenvalue weighted by atomic mass is 19.2. The number of halogens is 2. The lowest BCUT2D eigenvalue weighted by atomic mass is 10.1. The largest absolute Gasteiger partial charge is 0.478 e. The van der Waals surface area contributed by atoms with Gasteiger partial charge in [0.15, 0.2) is 11.6 Å². The number of amides is 2. The number of carbonyl (C=O) groups excluding carboxylic acids is 1. The van der Waals surface area contributed by atoms with Gasteiger partial charge in [-0.3, -0.25) is 0 Å². The maximum Gasteiger partial charge on any atom is 0.337 e. The van der Waals surface area contributed by atoms with E-state index in [0.29, 0.717) is 25.3 Å². The third kappa shape index (κ3) is 4.38. The van der Waals surface area contributed by atoms with Crippen LogP contribution < -0.4 is 5.32 Å². The fraction of sp³-hybridized carbons (Fsp3) is 0.385. The Hall–Kier alpha value is -2.22. The summed E-state index contributed by atoms with van der Waals surface area (Å²) in [5.74, 6) is -4.00. The molecule has 8 heteroatoms. The van der Waals surface area contributed by atoms with Gasteiger partial charge in [-0.05, 0) is 13.0 Å². The van der Waals surface area contributed by atoms with Crippen LogP contribution in [0.3, 0.4) is 0 Å². The number of aromatic carboxylic acids is 1. The molecule has 1 rings (SSSR count). The maximum absolute atomic E-state index is 13.2.